The molecule has 0 aromatic rings. The van der Waals surface area contributed by atoms with Crippen LogP contribution in [-0.4, -0.2) is 13.2 Å². The van der Waals surface area contributed by atoms with E-state index in [1.807, 2.05) is 21.0 Å². The Morgan fingerprint density at radius 2 is 2.33 bits per heavy atom. The Bertz CT molecular complexity index is 95.1. The van der Waals surface area contributed by atoms with Crippen LogP contribution in [0.2, 0.25) is 13.1 Å². The van der Waals surface area contributed by atoms with E-state index in [0.29, 0.717) is 0 Å². The molecular formula is C6H13BNO. The summed E-state index contributed by atoms with van der Waals surface area (Å²) in [4.78, 5) is 10.5. The second-order valence-electron chi connectivity index (χ2n) is 2.15. The van der Waals surface area contributed by atoms with E-state index >= 15 is 0 Å². The Balaban J connectivity index is 3.54. The highest BCUT2D eigenvalue weighted by molar-refractivity contribution is 6.34. The van der Waals surface area contributed by atoms with Crippen molar-refractivity contribution in [3.63, 3.8) is 0 Å². The highest BCUT2D eigenvalue weighted by Gasteiger charge is 2.09. The quantitative estimate of drug-likeness (QED) is 0.552. The number of nitrogens with two attached hydrogens (primary N) is 1. The van der Waals surface area contributed by atoms with Gasteiger partial charge >= 0.3 is 0 Å². The van der Waals surface area contributed by atoms with Crippen LogP contribution in [0.3, 0.4) is 0 Å². The molecule has 0 aromatic heterocycles. The predicted octanol–water partition coefficient (Wildman–Crippen LogP) is 0.668. The second kappa shape index (κ2) is 4.42. The lowest BCUT2D eigenvalue weighted by atomic mass is 9.71. The molecule has 0 fully saturated rings. The lowest BCUT2D eigenvalue weighted by molar-refractivity contribution is -0.121. The normalized spacial score (nSPS) is 12.7. The van der Waals surface area contributed by atoms with Crippen LogP contribution < -0.4 is 5.73 Å². The van der Waals surface area contributed by atoms with Crippen LogP contribution in [0.25, 0.3) is 0 Å². The number of carbonyl (C=O) groups is 1. The lowest BCUT2D eigenvalue weighted by Gasteiger charge is -2.06. The molecule has 3 heteroatoms. The fraction of sp³-hybridized carbons (Fsp3) is 0.833. The minimum Gasteiger partial charge on any atom is -0.369 e. The zero-order valence-electron chi connectivity index (χ0n) is 6.05. The summed E-state index contributed by atoms with van der Waals surface area (Å²) in [5.74, 6) is -0.134. The van der Waals surface area contributed by atoms with E-state index in [1.54, 1.807) is 0 Å². The molecule has 0 unspecified atom stereocenters. The van der Waals surface area contributed by atoms with E-state index in [4.69, 9.17) is 5.73 Å². The smallest absolute Gasteiger partial charge is 0.219 e. The monoisotopic (exact) mass is 126 g/mol. The zero-order chi connectivity index (χ0) is 7.28. The first kappa shape index (κ1) is 8.53. The molecular weight excluding hydrogens is 113 g/mol. The summed E-state index contributed by atoms with van der Waals surface area (Å²) in [7, 11) is 1.97. The fourth-order valence-electron chi connectivity index (χ4n) is 0.769. The summed E-state index contributed by atoms with van der Waals surface area (Å²) in [5.41, 5.74) is 5.07. The standard InChI is InChI=1S/C6H13BNO/c1-3-5(4-7-2)6(8)9/h5H,3-4H2,1-2H3,(H2,8,9)/t5-/m1/s1. The number of amides is 1. The van der Waals surface area contributed by atoms with Crippen molar-refractivity contribution in [1.29, 1.82) is 0 Å². The summed E-state index contributed by atoms with van der Waals surface area (Å²) in [6.45, 7) is 3.91. The summed E-state index contributed by atoms with van der Waals surface area (Å²) >= 11 is 0. The van der Waals surface area contributed by atoms with Gasteiger partial charge in [0.2, 0.25) is 5.91 Å². The van der Waals surface area contributed by atoms with Crippen LogP contribution in [0.1, 0.15) is 13.3 Å². The molecule has 0 aromatic carbocycles. The average Bonchev–Trinajstić information content (AvgIpc) is 1.82. The van der Waals surface area contributed by atoms with Crippen molar-refractivity contribution in [2.45, 2.75) is 26.5 Å². The van der Waals surface area contributed by atoms with Gasteiger partial charge in [-0.1, -0.05) is 20.1 Å². The first-order chi connectivity index (χ1) is 4.22. The molecule has 0 rings (SSSR count). The molecule has 0 heterocycles. The molecule has 0 spiro atoms. The second-order valence-corrected chi connectivity index (χ2v) is 2.15. The third-order valence-corrected chi connectivity index (χ3v) is 1.42. The van der Waals surface area contributed by atoms with Crippen molar-refractivity contribution in [3.8, 4) is 0 Å². The van der Waals surface area contributed by atoms with Gasteiger partial charge in [0, 0.05) is 5.92 Å². The van der Waals surface area contributed by atoms with Gasteiger partial charge in [-0.25, -0.2) is 0 Å². The van der Waals surface area contributed by atoms with E-state index in [9.17, 15) is 4.79 Å². The number of carbonyl (C=O) groups excluding carboxylic acids is 1. The first-order valence-corrected chi connectivity index (χ1v) is 3.29. The molecule has 0 aliphatic carbocycles. The Hall–Kier alpha value is -0.465. The van der Waals surface area contributed by atoms with Gasteiger partial charge in [-0.15, -0.1) is 0 Å². The maximum atomic E-state index is 10.5. The molecule has 51 valence electrons. The molecule has 0 saturated carbocycles. The Labute approximate surface area is 57.1 Å². The topological polar surface area (TPSA) is 43.1 Å². The van der Waals surface area contributed by atoms with Crippen molar-refractivity contribution in [3.05, 3.63) is 0 Å². The Kier molecular flexibility index (Phi) is 4.19. The van der Waals surface area contributed by atoms with Gasteiger partial charge in [0.25, 0.3) is 0 Å². The lowest BCUT2D eigenvalue weighted by Crippen LogP contribution is -2.22. The third kappa shape index (κ3) is 3.17. The molecule has 9 heavy (non-hydrogen) atoms. The zero-order valence-corrected chi connectivity index (χ0v) is 6.05. The highest BCUT2D eigenvalue weighted by atomic mass is 16.1. The molecule has 1 radical (unpaired) electrons. The Morgan fingerprint density at radius 3 is 2.44 bits per heavy atom. The van der Waals surface area contributed by atoms with Crippen molar-refractivity contribution in [2.75, 3.05) is 0 Å². The summed E-state index contributed by atoms with van der Waals surface area (Å²) in [5, 5.41) is 0. The van der Waals surface area contributed by atoms with Crippen molar-refractivity contribution in [1.82, 2.24) is 0 Å². The van der Waals surface area contributed by atoms with Gasteiger partial charge in [0.1, 0.15) is 7.28 Å². The van der Waals surface area contributed by atoms with Gasteiger partial charge in [-0.05, 0) is 6.42 Å². The van der Waals surface area contributed by atoms with Crippen molar-refractivity contribution >= 4 is 13.2 Å². The maximum absolute atomic E-state index is 10.5. The predicted molar refractivity (Wildman–Crippen MR) is 39.4 cm³/mol. The SMILES string of the molecule is C[B]C[C@@H](CC)C(N)=O. The molecule has 0 aliphatic heterocycles. The van der Waals surface area contributed by atoms with Crippen LogP contribution in [0.4, 0.5) is 0 Å². The van der Waals surface area contributed by atoms with Crippen LogP contribution in [0.15, 0.2) is 0 Å². The molecule has 2 nitrogen and oxygen atoms in total. The summed E-state index contributed by atoms with van der Waals surface area (Å²) < 4.78 is 0. The molecule has 2 N–H and O–H groups in total. The summed E-state index contributed by atoms with van der Waals surface area (Å²) in [6.07, 6.45) is 1.66. The molecule has 0 saturated heterocycles. The van der Waals surface area contributed by atoms with E-state index in [0.717, 1.165) is 12.7 Å². The number of rotatable bonds is 4. The van der Waals surface area contributed by atoms with Crippen LogP contribution in [0, 0.1) is 5.92 Å². The van der Waals surface area contributed by atoms with Crippen LogP contribution >= 0.6 is 0 Å². The van der Waals surface area contributed by atoms with Gasteiger partial charge < -0.3 is 5.73 Å². The average molecular weight is 126 g/mol. The van der Waals surface area contributed by atoms with E-state index in [2.05, 4.69) is 0 Å². The summed E-state index contributed by atoms with van der Waals surface area (Å²) in [6, 6.07) is 0. The third-order valence-electron chi connectivity index (χ3n) is 1.42. The van der Waals surface area contributed by atoms with Gasteiger partial charge in [0.05, 0.1) is 0 Å². The van der Waals surface area contributed by atoms with Crippen LogP contribution in [-0.2, 0) is 4.79 Å². The minimum atomic E-state index is -0.185. The minimum absolute atomic E-state index is 0.0509. The highest BCUT2D eigenvalue weighted by Crippen LogP contribution is 2.06. The fourth-order valence-corrected chi connectivity index (χ4v) is 0.769. The number of hydrogen-bond donors (Lipinski definition) is 1. The van der Waals surface area contributed by atoms with E-state index < -0.39 is 0 Å². The maximum Gasteiger partial charge on any atom is 0.219 e. The first-order valence-electron chi connectivity index (χ1n) is 3.29. The molecule has 1 amide bonds. The number of hydrogen-bond acceptors (Lipinski definition) is 1. The van der Waals surface area contributed by atoms with Crippen LogP contribution in [0.5, 0.6) is 0 Å². The molecule has 0 bridgehead atoms. The number of primary amides is 1. The molecule has 0 aliphatic rings. The largest absolute Gasteiger partial charge is 0.369 e. The van der Waals surface area contributed by atoms with E-state index in [1.165, 1.54) is 0 Å². The van der Waals surface area contributed by atoms with Crippen molar-refractivity contribution < 1.29 is 4.79 Å². The molecule has 1 atom stereocenters. The van der Waals surface area contributed by atoms with Gasteiger partial charge in [0.15, 0.2) is 0 Å². The van der Waals surface area contributed by atoms with Crippen molar-refractivity contribution in [2.24, 2.45) is 11.7 Å². The van der Waals surface area contributed by atoms with E-state index in [-0.39, 0.29) is 11.8 Å². The van der Waals surface area contributed by atoms with Gasteiger partial charge in [-0.2, -0.15) is 0 Å². The van der Waals surface area contributed by atoms with Gasteiger partial charge in [-0.3, -0.25) is 4.79 Å². The Morgan fingerprint density at radius 1 is 1.78 bits per heavy atom.